The molecule has 0 unspecified atom stereocenters. The number of carbonyl (C=O) groups excluding carboxylic acids is 1. The van der Waals surface area contributed by atoms with Crippen molar-refractivity contribution in [1.82, 2.24) is 14.1 Å². The highest BCUT2D eigenvalue weighted by atomic mass is 32.2. The highest BCUT2D eigenvalue weighted by Gasteiger charge is 2.60. The fourth-order valence-corrected chi connectivity index (χ4v) is 9.11. The highest BCUT2D eigenvalue weighted by Crippen LogP contribution is 2.52. The van der Waals surface area contributed by atoms with E-state index in [9.17, 15) is 22.0 Å². The van der Waals surface area contributed by atoms with Crippen LogP contribution in [0.5, 0.6) is 0 Å². The van der Waals surface area contributed by atoms with Gasteiger partial charge in [0.05, 0.1) is 17.0 Å². The topological polar surface area (TPSA) is 70.2 Å². The Labute approximate surface area is 241 Å². The van der Waals surface area contributed by atoms with Crippen LogP contribution >= 0.6 is 0 Å². The monoisotopic (exact) mass is 587 g/mol. The molecule has 0 radical (unpaired) electrons. The third-order valence-electron chi connectivity index (χ3n) is 9.48. The number of benzene rings is 2. The van der Waals surface area contributed by atoms with Crippen LogP contribution in [-0.2, 0) is 14.8 Å². The quantitative estimate of drug-likeness (QED) is 0.423. The van der Waals surface area contributed by atoms with Crippen LogP contribution in [0, 0.1) is 11.6 Å². The maximum atomic E-state index is 14.3. The molecule has 6 rings (SSSR count). The normalized spacial score (nSPS) is 26.0. The highest BCUT2D eigenvalue weighted by molar-refractivity contribution is 7.89. The van der Waals surface area contributed by atoms with Gasteiger partial charge in [-0.25, -0.2) is 22.0 Å². The van der Waals surface area contributed by atoms with Crippen LogP contribution in [0.4, 0.5) is 13.6 Å². The molecular weight excluding hydrogens is 548 g/mol. The van der Waals surface area contributed by atoms with Gasteiger partial charge in [0.15, 0.2) is 0 Å². The first kappa shape index (κ1) is 28.6. The number of rotatable bonds is 6. The van der Waals surface area contributed by atoms with E-state index >= 15 is 0 Å². The maximum absolute atomic E-state index is 14.3. The number of ether oxygens (including phenoxy) is 1. The molecule has 2 aromatic rings. The van der Waals surface area contributed by atoms with E-state index in [1.165, 1.54) is 66.7 Å². The molecule has 4 aliphatic rings. The second kappa shape index (κ2) is 11.6. The van der Waals surface area contributed by atoms with E-state index in [-0.39, 0.29) is 4.90 Å². The fraction of sp³-hybridized carbons (Fsp3) is 0.581. The largest absolute Gasteiger partial charge is 0.441 e. The van der Waals surface area contributed by atoms with Crippen LogP contribution in [0.2, 0.25) is 0 Å². The third-order valence-corrected chi connectivity index (χ3v) is 11.4. The van der Waals surface area contributed by atoms with E-state index in [1.807, 2.05) is 0 Å². The number of piperazine rings is 1. The first-order valence-electron chi connectivity index (χ1n) is 15.0. The van der Waals surface area contributed by atoms with Gasteiger partial charge in [0.25, 0.3) is 0 Å². The van der Waals surface area contributed by atoms with Crippen LogP contribution in [0.3, 0.4) is 0 Å². The predicted octanol–water partition coefficient (Wildman–Crippen LogP) is 5.87. The van der Waals surface area contributed by atoms with Gasteiger partial charge in [-0.15, -0.1) is 0 Å². The van der Waals surface area contributed by atoms with Gasteiger partial charge in [-0.3, -0.25) is 4.90 Å². The van der Waals surface area contributed by atoms with E-state index in [0.717, 1.165) is 19.2 Å². The number of nitrogens with zero attached hydrogens (tertiary/aromatic N) is 3. The molecule has 2 aliphatic carbocycles. The fourth-order valence-electron chi connectivity index (χ4n) is 7.16. The number of amides is 1. The van der Waals surface area contributed by atoms with E-state index in [2.05, 4.69) is 4.90 Å². The Hall–Kier alpha value is -2.56. The average Bonchev–Trinajstić information content (AvgIpc) is 3.77. The Morgan fingerprint density at radius 2 is 1.51 bits per heavy atom. The molecular formula is C31H39F2N3O4S. The van der Waals surface area contributed by atoms with Crippen LogP contribution in [0.25, 0.3) is 0 Å². The van der Waals surface area contributed by atoms with Crippen molar-refractivity contribution >= 4 is 16.1 Å². The Kier molecular flexibility index (Phi) is 8.09. The lowest BCUT2D eigenvalue weighted by Gasteiger charge is -2.45. The Balaban J connectivity index is 1.24. The lowest BCUT2D eigenvalue weighted by molar-refractivity contribution is -0.0169. The van der Waals surface area contributed by atoms with Crippen molar-refractivity contribution in [2.45, 2.75) is 92.8 Å². The third kappa shape index (κ3) is 5.88. The van der Waals surface area contributed by atoms with Gasteiger partial charge in [0.1, 0.15) is 17.2 Å². The zero-order valence-corrected chi connectivity index (χ0v) is 24.2. The Bertz CT molecular complexity index is 1350. The summed E-state index contributed by atoms with van der Waals surface area (Å²) in [6.07, 6.45) is 8.66. The summed E-state index contributed by atoms with van der Waals surface area (Å²) < 4.78 is 64.4. The van der Waals surface area contributed by atoms with Crippen molar-refractivity contribution in [2.24, 2.45) is 0 Å². The lowest BCUT2D eigenvalue weighted by atomic mass is 9.90. The summed E-state index contributed by atoms with van der Waals surface area (Å²) in [4.78, 5) is 17.5. The molecule has 0 bridgehead atoms. The zero-order valence-electron chi connectivity index (χ0n) is 23.4. The standard InChI is InChI=1S/C31H39F2N3O4S/c32-24-8-4-7-23(21-24)28-13-6-14-29(36(28)41(38,39)27-12-5-9-25(33)22-27)31(15-16-31)40-30(37)35-19-17-34(18-20-35)26-10-2-1-3-11-26/h4-5,7-9,12,21-22,26,28-29H,1-3,6,10-11,13-20H2/t28-,29+/m0/s1. The molecule has 4 fully saturated rings. The van der Waals surface area contributed by atoms with E-state index in [4.69, 9.17) is 4.74 Å². The molecule has 2 saturated carbocycles. The molecule has 2 saturated heterocycles. The molecule has 7 nitrogen and oxygen atoms in total. The molecule has 0 N–H and O–H groups in total. The Morgan fingerprint density at radius 3 is 2.17 bits per heavy atom. The summed E-state index contributed by atoms with van der Waals surface area (Å²) >= 11 is 0. The second-order valence-corrected chi connectivity index (χ2v) is 13.9. The van der Waals surface area contributed by atoms with Crippen molar-refractivity contribution in [3.8, 4) is 0 Å². The van der Waals surface area contributed by atoms with E-state index in [1.54, 1.807) is 17.0 Å². The minimum Gasteiger partial charge on any atom is -0.441 e. The number of hydrogen-bond donors (Lipinski definition) is 0. The first-order valence-corrected chi connectivity index (χ1v) is 16.5. The average molecular weight is 588 g/mol. The molecule has 0 spiro atoms. The summed E-state index contributed by atoms with van der Waals surface area (Å²) in [6, 6.07) is 10.3. The molecule has 41 heavy (non-hydrogen) atoms. The van der Waals surface area contributed by atoms with E-state index < -0.39 is 45.4 Å². The van der Waals surface area contributed by atoms with Gasteiger partial charge in [-0.1, -0.05) is 37.5 Å². The maximum Gasteiger partial charge on any atom is 0.410 e. The molecule has 2 aliphatic heterocycles. The van der Waals surface area contributed by atoms with E-state index in [0.29, 0.717) is 56.8 Å². The zero-order chi connectivity index (χ0) is 28.6. The smallest absolute Gasteiger partial charge is 0.410 e. The number of sulfonamides is 1. The molecule has 10 heteroatoms. The minimum atomic E-state index is -4.21. The molecule has 222 valence electrons. The second-order valence-electron chi connectivity index (χ2n) is 12.1. The van der Waals surface area contributed by atoms with Crippen LogP contribution in [0.15, 0.2) is 53.4 Å². The summed E-state index contributed by atoms with van der Waals surface area (Å²) in [6.45, 7) is 2.82. The van der Waals surface area contributed by atoms with Gasteiger partial charge in [0.2, 0.25) is 10.0 Å². The van der Waals surface area contributed by atoms with Gasteiger partial charge in [-0.2, -0.15) is 4.31 Å². The SMILES string of the molecule is O=C(OC1([C@H]2CCC[C@@H](c3cccc(F)c3)N2S(=O)(=O)c2cccc(F)c2)CC1)N1CCN(C2CCCCC2)CC1. The molecule has 0 aromatic heterocycles. The van der Waals surface area contributed by atoms with Crippen LogP contribution in [-0.4, -0.2) is 72.5 Å². The predicted molar refractivity (Wildman–Crippen MR) is 151 cm³/mol. The minimum absolute atomic E-state index is 0.160. The first-order chi connectivity index (χ1) is 19.8. The number of halogens is 2. The van der Waals surface area contributed by atoms with Crippen LogP contribution < -0.4 is 0 Å². The lowest BCUT2D eigenvalue weighted by Crippen LogP contribution is -2.56. The van der Waals surface area contributed by atoms with Crippen molar-refractivity contribution in [3.63, 3.8) is 0 Å². The number of hydrogen-bond acceptors (Lipinski definition) is 5. The number of carbonyl (C=O) groups is 1. The molecule has 2 atom stereocenters. The summed E-state index contributed by atoms with van der Waals surface area (Å²) in [5.74, 6) is -1.10. The number of piperidine rings is 1. The summed E-state index contributed by atoms with van der Waals surface area (Å²) in [5.41, 5.74) is -0.417. The van der Waals surface area contributed by atoms with Gasteiger partial charge in [-0.05, 0) is 80.8 Å². The molecule has 2 heterocycles. The van der Waals surface area contributed by atoms with Crippen molar-refractivity contribution in [3.05, 3.63) is 65.7 Å². The molecule has 1 amide bonds. The van der Waals surface area contributed by atoms with Crippen molar-refractivity contribution < 1.29 is 26.7 Å². The summed E-state index contributed by atoms with van der Waals surface area (Å²) in [7, 11) is -4.21. The molecule has 2 aromatic carbocycles. The van der Waals surface area contributed by atoms with Gasteiger partial charge in [0, 0.05) is 32.2 Å². The van der Waals surface area contributed by atoms with Crippen molar-refractivity contribution in [1.29, 1.82) is 0 Å². The summed E-state index contributed by atoms with van der Waals surface area (Å²) in [5, 5.41) is 0. The Morgan fingerprint density at radius 1 is 0.829 bits per heavy atom. The van der Waals surface area contributed by atoms with Crippen molar-refractivity contribution in [2.75, 3.05) is 26.2 Å². The van der Waals surface area contributed by atoms with Crippen LogP contribution in [0.1, 0.15) is 75.8 Å². The van der Waals surface area contributed by atoms with Gasteiger partial charge >= 0.3 is 6.09 Å². The van der Waals surface area contributed by atoms with Gasteiger partial charge < -0.3 is 9.64 Å².